The van der Waals surface area contributed by atoms with Crippen LogP contribution in [0, 0.1) is 0 Å². The van der Waals surface area contributed by atoms with Gasteiger partial charge in [-0.25, -0.2) is 4.98 Å². The van der Waals surface area contributed by atoms with Crippen LogP contribution in [0.3, 0.4) is 0 Å². The number of imidazole rings is 1. The minimum atomic E-state index is 0.710. The molecule has 0 atom stereocenters. The van der Waals surface area contributed by atoms with Crippen molar-refractivity contribution in [2.45, 2.75) is 19.9 Å². The van der Waals surface area contributed by atoms with Gasteiger partial charge in [-0.1, -0.05) is 12.1 Å². The average Bonchev–Trinajstić information content (AvgIpc) is 2.83. The summed E-state index contributed by atoms with van der Waals surface area (Å²) >= 11 is 0. The van der Waals surface area contributed by atoms with Gasteiger partial charge in [0, 0.05) is 39.0 Å². The number of benzene rings is 1. The zero-order valence-corrected chi connectivity index (χ0v) is 11.6. The van der Waals surface area contributed by atoms with E-state index in [1.165, 1.54) is 5.56 Å². The lowest BCUT2D eigenvalue weighted by molar-refractivity contribution is 0.340. The largest absolute Gasteiger partial charge is 0.494 e. The van der Waals surface area contributed by atoms with Gasteiger partial charge >= 0.3 is 0 Å². The van der Waals surface area contributed by atoms with Crippen molar-refractivity contribution in [1.29, 1.82) is 0 Å². The number of nitrogens with one attached hydrogen (secondary N) is 1. The van der Waals surface area contributed by atoms with Crippen molar-refractivity contribution >= 4 is 0 Å². The molecule has 1 N–H and O–H groups in total. The Morgan fingerprint density at radius 2 is 2.05 bits per heavy atom. The van der Waals surface area contributed by atoms with E-state index in [0.717, 1.165) is 31.1 Å². The quantitative estimate of drug-likeness (QED) is 0.774. The molecule has 0 bridgehead atoms. The summed E-state index contributed by atoms with van der Waals surface area (Å²) < 4.78 is 7.47. The normalized spacial score (nSPS) is 10.6. The summed E-state index contributed by atoms with van der Waals surface area (Å²) in [6, 6.07) is 8.22. The lowest BCUT2D eigenvalue weighted by Gasteiger charge is -2.07. The minimum absolute atomic E-state index is 0.710. The fraction of sp³-hybridized carbons (Fsp3) is 0.400. The van der Waals surface area contributed by atoms with Crippen LogP contribution in [0.15, 0.2) is 36.7 Å². The van der Waals surface area contributed by atoms with Gasteiger partial charge < -0.3 is 14.6 Å². The molecular formula is C15H21N3O. The smallest absolute Gasteiger partial charge is 0.119 e. The van der Waals surface area contributed by atoms with Crippen LogP contribution in [0.25, 0.3) is 0 Å². The summed E-state index contributed by atoms with van der Waals surface area (Å²) in [5.41, 5.74) is 1.27. The molecule has 0 spiro atoms. The Balaban J connectivity index is 1.72. The second-order valence-electron chi connectivity index (χ2n) is 4.46. The van der Waals surface area contributed by atoms with E-state index in [1.54, 1.807) is 0 Å². The van der Waals surface area contributed by atoms with Crippen molar-refractivity contribution in [3.63, 3.8) is 0 Å². The van der Waals surface area contributed by atoms with Crippen molar-refractivity contribution in [2.24, 2.45) is 7.05 Å². The van der Waals surface area contributed by atoms with Crippen molar-refractivity contribution in [3.8, 4) is 5.75 Å². The van der Waals surface area contributed by atoms with Gasteiger partial charge in [-0.2, -0.15) is 0 Å². The van der Waals surface area contributed by atoms with Gasteiger partial charge in [0.05, 0.1) is 6.61 Å². The molecule has 4 nitrogen and oxygen atoms in total. The number of aryl methyl sites for hydroxylation is 1. The van der Waals surface area contributed by atoms with Gasteiger partial charge in [-0.15, -0.1) is 0 Å². The van der Waals surface area contributed by atoms with Crippen molar-refractivity contribution in [2.75, 3.05) is 13.2 Å². The molecule has 0 saturated carbocycles. The lowest BCUT2D eigenvalue weighted by Crippen LogP contribution is -2.18. The van der Waals surface area contributed by atoms with Crippen LogP contribution in [0.2, 0.25) is 0 Å². The number of aromatic nitrogens is 2. The van der Waals surface area contributed by atoms with Crippen molar-refractivity contribution in [3.05, 3.63) is 48.0 Å². The number of rotatable bonds is 7. The standard InChI is InChI=1S/C15H21N3O/c1-3-19-14-6-4-13(5-7-14)12-16-9-8-15-17-10-11-18(15)2/h4-7,10-11,16H,3,8-9,12H2,1-2H3. The average molecular weight is 259 g/mol. The Kier molecular flexibility index (Phi) is 4.98. The van der Waals surface area contributed by atoms with Crippen molar-refractivity contribution < 1.29 is 4.74 Å². The molecular weight excluding hydrogens is 238 g/mol. The summed E-state index contributed by atoms with van der Waals surface area (Å²) in [5.74, 6) is 2.04. The van der Waals surface area contributed by atoms with Gasteiger partial charge in [0.2, 0.25) is 0 Å². The van der Waals surface area contributed by atoms with Crippen LogP contribution >= 0.6 is 0 Å². The van der Waals surface area contributed by atoms with Crippen LogP contribution in [0.1, 0.15) is 18.3 Å². The first kappa shape index (κ1) is 13.6. The van der Waals surface area contributed by atoms with Gasteiger partial charge in [0.15, 0.2) is 0 Å². The second kappa shape index (κ2) is 6.95. The molecule has 0 aliphatic rings. The first-order chi connectivity index (χ1) is 9.29. The molecule has 2 aromatic rings. The lowest BCUT2D eigenvalue weighted by atomic mass is 10.2. The maximum Gasteiger partial charge on any atom is 0.119 e. The third kappa shape index (κ3) is 4.10. The van der Waals surface area contributed by atoms with Crippen LogP contribution in [0.4, 0.5) is 0 Å². The molecule has 0 aliphatic heterocycles. The molecule has 0 amide bonds. The highest BCUT2D eigenvalue weighted by Crippen LogP contribution is 2.11. The summed E-state index contributed by atoms with van der Waals surface area (Å²) in [4.78, 5) is 4.30. The van der Waals surface area contributed by atoms with E-state index in [0.29, 0.717) is 6.61 Å². The summed E-state index contributed by atoms with van der Waals surface area (Å²) in [6.45, 7) is 4.50. The van der Waals surface area contributed by atoms with E-state index < -0.39 is 0 Å². The SMILES string of the molecule is CCOc1ccc(CNCCc2nccn2C)cc1. The first-order valence-corrected chi connectivity index (χ1v) is 6.68. The van der Waals surface area contributed by atoms with Gasteiger partial charge in [-0.3, -0.25) is 0 Å². The Labute approximate surface area is 114 Å². The van der Waals surface area contributed by atoms with Gasteiger partial charge in [0.25, 0.3) is 0 Å². The van der Waals surface area contributed by atoms with E-state index in [4.69, 9.17) is 4.74 Å². The second-order valence-corrected chi connectivity index (χ2v) is 4.46. The third-order valence-electron chi connectivity index (χ3n) is 3.01. The van der Waals surface area contributed by atoms with E-state index in [9.17, 15) is 0 Å². The maximum atomic E-state index is 5.42. The zero-order valence-electron chi connectivity index (χ0n) is 11.6. The Morgan fingerprint density at radius 1 is 1.26 bits per heavy atom. The topological polar surface area (TPSA) is 39.1 Å². The minimum Gasteiger partial charge on any atom is -0.494 e. The number of nitrogens with zero attached hydrogens (tertiary/aromatic N) is 2. The molecule has 19 heavy (non-hydrogen) atoms. The Bertz CT molecular complexity index is 490. The zero-order chi connectivity index (χ0) is 13.5. The molecule has 102 valence electrons. The van der Waals surface area contributed by atoms with E-state index in [-0.39, 0.29) is 0 Å². The Morgan fingerprint density at radius 3 is 2.68 bits per heavy atom. The van der Waals surface area contributed by atoms with Gasteiger partial charge in [0.1, 0.15) is 11.6 Å². The summed E-state index contributed by atoms with van der Waals surface area (Å²) in [6.07, 6.45) is 4.75. The number of hydrogen-bond acceptors (Lipinski definition) is 3. The third-order valence-corrected chi connectivity index (χ3v) is 3.01. The van der Waals surface area contributed by atoms with Crippen LogP contribution < -0.4 is 10.1 Å². The highest BCUT2D eigenvalue weighted by atomic mass is 16.5. The number of ether oxygens (including phenoxy) is 1. The molecule has 1 aromatic heterocycles. The highest BCUT2D eigenvalue weighted by molar-refractivity contribution is 5.27. The molecule has 2 rings (SSSR count). The Hall–Kier alpha value is -1.81. The monoisotopic (exact) mass is 259 g/mol. The van der Waals surface area contributed by atoms with Crippen LogP contribution in [-0.2, 0) is 20.0 Å². The fourth-order valence-electron chi connectivity index (χ4n) is 1.94. The number of hydrogen-bond donors (Lipinski definition) is 1. The maximum absolute atomic E-state index is 5.42. The van der Waals surface area contributed by atoms with Crippen molar-refractivity contribution in [1.82, 2.24) is 14.9 Å². The first-order valence-electron chi connectivity index (χ1n) is 6.68. The molecule has 4 heteroatoms. The molecule has 0 unspecified atom stereocenters. The predicted octanol–water partition coefficient (Wildman–Crippen LogP) is 2.15. The molecule has 0 saturated heterocycles. The molecule has 0 fully saturated rings. The van der Waals surface area contributed by atoms with Crippen LogP contribution in [-0.4, -0.2) is 22.7 Å². The van der Waals surface area contributed by atoms with E-state index >= 15 is 0 Å². The van der Waals surface area contributed by atoms with Crippen LogP contribution in [0.5, 0.6) is 5.75 Å². The summed E-state index contributed by atoms with van der Waals surface area (Å²) in [7, 11) is 2.02. The van der Waals surface area contributed by atoms with E-state index in [2.05, 4.69) is 27.0 Å². The highest BCUT2D eigenvalue weighted by Gasteiger charge is 1.99. The molecule has 1 heterocycles. The molecule has 1 aromatic carbocycles. The fourth-order valence-corrected chi connectivity index (χ4v) is 1.94. The molecule has 0 aliphatic carbocycles. The summed E-state index contributed by atoms with van der Waals surface area (Å²) in [5, 5.41) is 3.42. The molecule has 0 radical (unpaired) electrons. The van der Waals surface area contributed by atoms with E-state index in [1.807, 2.05) is 38.5 Å². The van der Waals surface area contributed by atoms with Gasteiger partial charge in [-0.05, 0) is 24.6 Å². The predicted molar refractivity (Wildman–Crippen MR) is 76.2 cm³/mol.